The lowest BCUT2D eigenvalue weighted by Crippen LogP contribution is -2.32. The molecule has 1 aliphatic rings. The van der Waals surface area contributed by atoms with Crippen molar-refractivity contribution < 1.29 is 25.5 Å². The first-order chi connectivity index (χ1) is 11.6. The lowest BCUT2D eigenvalue weighted by Gasteiger charge is -2.20. The maximum atomic E-state index is 13.0. The molecule has 25 heavy (non-hydrogen) atoms. The molecule has 6 nitrogen and oxygen atoms in total. The summed E-state index contributed by atoms with van der Waals surface area (Å²) in [7, 11) is -4.79. The zero-order chi connectivity index (χ0) is 18.2. The molecule has 0 spiro atoms. The summed E-state index contributed by atoms with van der Waals surface area (Å²) in [5, 5.41) is 10.4. The summed E-state index contributed by atoms with van der Waals surface area (Å²) in [4.78, 5) is -0.478. The smallest absolute Gasteiger partial charge is 0.316 e. The second kappa shape index (κ2) is 6.37. The molecule has 1 saturated heterocycles. The van der Waals surface area contributed by atoms with E-state index in [9.17, 15) is 25.5 Å². The number of nitrogens with one attached hydrogen (secondary N) is 1. The van der Waals surface area contributed by atoms with E-state index in [0.29, 0.717) is 11.3 Å². The maximum Gasteiger partial charge on any atom is 0.393 e. The Morgan fingerprint density at radius 1 is 1.20 bits per heavy atom. The zero-order valence-electron chi connectivity index (χ0n) is 12.7. The molecule has 2 aromatic rings. The molecule has 1 aromatic carbocycles. The van der Waals surface area contributed by atoms with Gasteiger partial charge in [-0.3, -0.25) is 4.68 Å². The quantitative estimate of drug-likeness (QED) is 0.651. The minimum absolute atomic E-state index is 0.0567. The number of benzene rings is 1. The van der Waals surface area contributed by atoms with Crippen molar-refractivity contribution in [3.63, 3.8) is 0 Å². The Kier molecular flexibility index (Phi) is 4.54. The summed E-state index contributed by atoms with van der Waals surface area (Å²) >= 11 is 0. The molecule has 0 aliphatic carbocycles. The third-order valence-corrected chi connectivity index (χ3v) is 4.99. The van der Waals surface area contributed by atoms with Crippen LogP contribution in [0.15, 0.2) is 35.4 Å². The van der Waals surface area contributed by atoms with Crippen molar-refractivity contribution in [1.29, 1.82) is 0 Å². The van der Waals surface area contributed by atoms with Gasteiger partial charge in [0.05, 0.1) is 17.0 Å². The first kappa shape index (κ1) is 17.8. The van der Waals surface area contributed by atoms with Gasteiger partial charge in [-0.25, -0.2) is 0 Å². The van der Waals surface area contributed by atoms with Crippen molar-refractivity contribution in [1.82, 2.24) is 20.3 Å². The van der Waals surface area contributed by atoms with Crippen LogP contribution in [0.25, 0.3) is 11.3 Å². The van der Waals surface area contributed by atoms with E-state index in [1.54, 1.807) is 0 Å². The molecule has 0 amide bonds. The highest BCUT2D eigenvalue weighted by Crippen LogP contribution is 2.35. The second-order valence-electron chi connectivity index (χ2n) is 5.85. The summed E-state index contributed by atoms with van der Waals surface area (Å²) in [6.07, 6.45) is -2.80. The predicted octanol–water partition coefficient (Wildman–Crippen LogP) is 2.00. The standard InChI is InChI=1S/C14H14F4N4O2S/c15-14(16,17)12-6-19-5-10(12)7-22-8-13(20-21-22)9-1-3-11(4-2-9)25(18,23)24/h1-4,8,10,12,19H,5-7H2/t10-,12+/m0/s1. The van der Waals surface area contributed by atoms with Crippen LogP contribution in [0.5, 0.6) is 0 Å². The van der Waals surface area contributed by atoms with Crippen LogP contribution in [0.2, 0.25) is 0 Å². The number of aromatic nitrogens is 3. The van der Waals surface area contributed by atoms with E-state index in [4.69, 9.17) is 0 Å². The van der Waals surface area contributed by atoms with E-state index in [1.807, 2.05) is 0 Å². The first-order valence-corrected chi connectivity index (χ1v) is 8.75. The molecule has 0 radical (unpaired) electrons. The van der Waals surface area contributed by atoms with Gasteiger partial charge in [0.15, 0.2) is 0 Å². The summed E-state index contributed by atoms with van der Waals surface area (Å²) in [6, 6.07) is 4.89. The largest absolute Gasteiger partial charge is 0.393 e. The zero-order valence-corrected chi connectivity index (χ0v) is 13.6. The van der Waals surface area contributed by atoms with E-state index in [2.05, 4.69) is 15.6 Å². The molecule has 3 rings (SSSR count). The molecule has 1 aliphatic heterocycles. The van der Waals surface area contributed by atoms with Crippen LogP contribution in [0.3, 0.4) is 0 Å². The highest BCUT2D eigenvalue weighted by atomic mass is 32.3. The van der Waals surface area contributed by atoms with E-state index < -0.39 is 33.1 Å². The molecule has 1 N–H and O–H groups in total. The van der Waals surface area contributed by atoms with Gasteiger partial charge in [-0.05, 0) is 12.1 Å². The summed E-state index contributed by atoms with van der Waals surface area (Å²) in [6.45, 7) is 0.179. The average Bonchev–Trinajstić information content (AvgIpc) is 3.16. The van der Waals surface area contributed by atoms with Gasteiger partial charge >= 0.3 is 16.4 Å². The van der Waals surface area contributed by atoms with Crippen LogP contribution in [0.1, 0.15) is 0 Å². The lowest BCUT2D eigenvalue weighted by molar-refractivity contribution is -0.180. The van der Waals surface area contributed by atoms with Gasteiger partial charge in [0.1, 0.15) is 5.69 Å². The third-order valence-electron chi connectivity index (χ3n) is 4.15. The summed E-state index contributed by atoms with van der Waals surface area (Å²) < 4.78 is 74.6. The van der Waals surface area contributed by atoms with Crippen molar-refractivity contribution in [3.05, 3.63) is 30.5 Å². The molecule has 1 fully saturated rings. The molecule has 0 saturated carbocycles. The van der Waals surface area contributed by atoms with Gasteiger partial charge in [0.25, 0.3) is 0 Å². The molecule has 2 heterocycles. The van der Waals surface area contributed by atoms with Crippen LogP contribution < -0.4 is 5.32 Å². The molecule has 1 aromatic heterocycles. The van der Waals surface area contributed by atoms with Gasteiger partial charge in [-0.15, -0.1) is 8.98 Å². The summed E-state index contributed by atoms with van der Waals surface area (Å²) in [5.74, 6) is -2.08. The van der Waals surface area contributed by atoms with E-state index in [-0.39, 0.29) is 19.6 Å². The number of alkyl halides is 3. The topological polar surface area (TPSA) is 76.9 Å². The van der Waals surface area contributed by atoms with Crippen LogP contribution >= 0.6 is 0 Å². The highest BCUT2D eigenvalue weighted by Gasteiger charge is 2.47. The Morgan fingerprint density at radius 2 is 1.88 bits per heavy atom. The van der Waals surface area contributed by atoms with Crippen LogP contribution in [0, 0.1) is 11.8 Å². The third kappa shape index (κ3) is 3.98. The van der Waals surface area contributed by atoms with E-state index >= 15 is 0 Å². The number of hydrogen-bond donors (Lipinski definition) is 1. The van der Waals surface area contributed by atoms with E-state index in [0.717, 1.165) is 12.1 Å². The summed E-state index contributed by atoms with van der Waals surface area (Å²) in [5.41, 5.74) is 0.841. The number of nitrogens with zero attached hydrogens (tertiary/aromatic N) is 3. The SMILES string of the molecule is O=S(=O)(F)c1ccc(-c2cn(C[C@@H]3CNC[C@H]3C(F)(F)F)nn2)cc1. The van der Waals surface area contributed by atoms with Gasteiger partial charge in [-0.1, -0.05) is 17.3 Å². The molecule has 0 bridgehead atoms. The molecular weight excluding hydrogens is 364 g/mol. The minimum atomic E-state index is -4.79. The Morgan fingerprint density at radius 3 is 2.48 bits per heavy atom. The first-order valence-electron chi connectivity index (χ1n) is 7.37. The predicted molar refractivity (Wildman–Crippen MR) is 79.7 cm³/mol. The number of halogens is 4. The Hall–Kier alpha value is -2.01. The Labute approximate surface area is 141 Å². The minimum Gasteiger partial charge on any atom is -0.316 e. The van der Waals surface area contributed by atoms with Gasteiger partial charge in [0.2, 0.25) is 0 Å². The monoisotopic (exact) mass is 378 g/mol. The van der Waals surface area contributed by atoms with Crippen LogP contribution in [0.4, 0.5) is 17.1 Å². The highest BCUT2D eigenvalue weighted by molar-refractivity contribution is 7.86. The van der Waals surface area contributed by atoms with Crippen molar-refractivity contribution in [2.45, 2.75) is 17.6 Å². The number of rotatable bonds is 4. The number of hydrogen-bond acceptors (Lipinski definition) is 5. The van der Waals surface area contributed by atoms with Gasteiger partial charge in [0, 0.05) is 31.1 Å². The molecular formula is C14H14F4N4O2S. The van der Waals surface area contributed by atoms with Crippen molar-refractivity contribution in [2.75, 3.05) is 13.1 Å². The van der Waals surface area contributed by atoms with Crippen LogP contribution in [-0.4, -0.2) is 42.7 Å². The van der Waals surface area contributed by atoms with Gasteiger partial charge in [-0.2, -0.15) is 21.6 Å². The van der Waals surface area contributed by atoms with Crippen molar-refractivity contribution in [2.24, 2.45) is 11.8 Å². The van der Waals surface area contributed by atoms with Crippen molar-refractivity contribution >= 4 is 10.2 Å². The average molecular weight is 378 g/mol. The fraction of sp³-hybridized carbons (Fsp3) is 0.429. The van der Waals surface area contributed by atoms with E-state index in [1.165, 1.54) is 23.0 Å². The lowest BCUT2D eigenvalue weighted by atomic mass is 9.95. The second-order valence-corrected chi connectivity index (χ2v) is 7.20. The van der Waals surface area contributed by atoms with Crippen molar-refractivity contribution in [3.8, 4) is 11.3 Å². The Balaban J connectivity index is 1.74. The molecule has 136 valence electrons. The maximum absolute atomic E-state index is 13.0. The fourth-order valence-corrected chi connectivity index (χ4v) is 3.32. The molecule has 0 unspecified atom stereocenters. The van der Waals surface area contributed by atoms with Crippen LogP contribution in [-0.2, 0) is 16.8 Å². The molecule has 2 atom stereocenters. The van der Waals surface area contributed by atoms with Gasteiger partial charge < -0.3 is 5.32 Å². The molecule has 11 heteroatoms. The Bertz CT molecular complexity index is 848. The normalized spacial score (nSPS) is 21.6. The fourth-order valence-electron chi connectivity index (χ4n) is 2.86.